The van der Waals surface area contributed by atoms with Gasteiger partial charge in [0.15, 0.2) is 5.69 Å². The lowest BCUT2D eigenvalue weighted by Gasteiger charge is -2.26. The quantitative estimate of drug-likeness (QED) is 0.702. The Morgan fingerprint density at radius 1 is 1.15 bits per heavy atom. The molecular weight excluding hydrogens is 385 g/mol. The lowest BCUT2D eigenvalue weighted by molar-refractivity contribution is -0.144. The SMILES string of the molecule is CC(O)(Cn1cncn1)c1ccc(Oc2ccc(Cl)cc2)nc1C(F)(F)F. The van der Waals surface area contributed by atoms with E-state index in [-0.39, 0.29) is 18.2 Å². The van der Waals surface area contributed by atoms with Crippen LogP contribution in [0, 0.1) is 0 Å². The number of hydrogen-bond donors (Lipinski definition) is 1. The van der Waals surface area contributed by atoms with Crippen LogP contribution in [0.4, 0.5) is 13.2 Å². The predicted octanol–water partition coefficient (Wildman–Crippen LogP) is 4.05. The van der Waals surface area contributed by atoms with Gasteiger partial charge in [-0.15, -0.1) is 0 Å². The van der Waals surface area contributed by atoms with Crippen LogP contribution in [0.25, 0.3) is 0 Å². The molecule has 0 saturated heterocycles. The third kappa shape index (κ3) is 4.55. The molecule has 6 nitrogen and oxygen atoms in total. The minimum atomic E-state index is -4.79. The van der Waals surface area contributed by atoms with Crippen molar-refractivity contribution in [2.45, 2.75) is 25.2 Å². The second-order valence-corrected chi connectivity index (χ2v) is 6.40. The maximum Gasteiger partial charge on any atom is 0.433 e. The molecule has 0 radical (unpaired) electrons. The molecular formula is C17H14ClF3N4O2. The van der Waals surface area contributed by atoms with Gasteiger partial charge in [-0.05, 0) is 37.3 Å². The van der Waals surface area contributed by atoms with Gasteiger partial charge in [0.25, 0.3) is 0 Å². The third-order valence-corrected chi connectivity index (χ3v) is 3.94. The number of halogens is 4. The van der Waals surface area contributed by atoms with Gasteiger partial charge in [-0.25, -0.2) is 14.6 Å². The molecule has 3 rings (SSSR count). The molecule has 3 aromatic rings. The van der Waals surface area contributed by atoms with Gasteiger partial charge >= 0.3 is 6.18 Å². The summed E-state index contributed by atoms with van der Waals surface area (Å²) in [5.74, 6) is 0.0205. The smallest absolute Gasteiger partial charge is 0.433 e. The third-order valence-electron chi connectivity index (χ3n) is 3.69. The van der Waals surface area contributed by atoms with Gasteiger partial charge in [0.2, 0.25) is 5.88 Å². The summed E-state index contributed by atoms with van der Waals surface area (Å²) in [6.45, 7) is 1.02. The van der Waals surface area contributed by atoms with Crippen molar-refractivity contribution in [2.75, 3.05) is 0 Å². The molecule has 2 heterocycles. The van der Waals surface area contributed by atoms with E-state index < -0.39 is 23.0 Å². The zero-order valence-corrected chi connectivity index (χ0v) is 14.7. The van der Waals surface area contributed by atoms with Crippen molar-refractivity contribution in [3.8, 4) is 11.6 Å². The molecule has 0 aliphatic heterocycles. The Morgan fingerprint density at radius 3 is 2.44 bits per heavy atom. The van der Waals surface area contributed by atoms with E-state index in [1.54, 1.807) is 12.1 Å². The molecule has 0 amide bonds. The summed E-state index contributed by atoms with van der Waals surface area (Å²) in [7, 11) is 0. The number of ether oxygens (including phenoxy) is 1. The van der Waals surface area contributed by atoms with Gasteiger partial charge in [-0.2, -0.15) is 18.3 Å². The lowest BCUT2D eigenvalue weighted by Crippen LogP contribution is -2.31. The highest BCUT2D eigenvalue weighted by Crippen LogP contribution is 2.38. The number of benzene rings is 1. The van der Waals surface area contributed by atoms with E-state index in [1.807, 2.05) is 0 Å². The molecule has 1 N–H and O–H groups in total. The summed E-state index contributed by atoms with van der Waals surface area (Å²) >= 11 is 5.77. The Kier molecular flexibility index (Phi) is 5.07. The summed E-state index contributed by atoms with van der Waals surface area (Å²) in [6.07, 6.45) is -2.27. The van der Waals surface area contributed by atoms with Crippen LogP contribution in [-0.2, 0) is 18.3 Å². The maximum atomic E-state index is 13.5. The lowest BCUT2D eigenvalue weighted by atomic mass is 9.94. The van der Waals surface area contributed by atoms with E-state index in [9.17, 15) is 18.3 Å². The molecule has 0 bridgehead atoms. The van der Waals surface area contributed by atoms with Gasteiger partial charge in [-0.1, -0.05) is 11.6 Å². The fourth-order valence-electron chi connectivity index (χ4n) is 2.49. The maximum absolute atomic E-state index is 13.5. The number of hydrogen-bond acceptors (Lipinski definition) is 5. The number of alkyl halides is 3. The predicted molar refractivity (Wildman–Crippen MR) is 90.4 cm³/mol. The average Bonchev–Trinajstić information content (AvgIpc) is 3.08. The molecule has 0 saturated carbocycles. The Balaban J connectivity index is 1.95. The van der Waals surface area contributed by atoms with Crippen molar-refractivity contribution >= 4 is 11.6 Å². The molecule has 10 heteroatoms. The molecule has 142 valence electrons. The summed E-state index contributed by atoms with van der Waals surface area (Å²) in [4.78, 5) is 7.28. The van der Waals surface area contributed by atoms with Crippen LogP contribution in [-0.4, -0.2) is 24.9 Å². The van der Waals surface area contributed by atoms with Gasteiger partial charge in [0.05, 0.1) is 6.54 Å². The van der Waals surface area contributed by atoms with Crippen LogP contribution in [0.15, 0.2) is 49.1 Å². The highest BCUT2D eigenvalue weighted by atomic mass is 35.5. The van der Waals surface area contributed by atoms with Crippen LogP contribution in [0.3, 0.4) is 0 Å². The fraction of sp³-hybridized carbons (Fsp3) is 0.235. The molecule has 0 fully saturated rings. The Morgan fingerprint density at radius 2 is 1.85 bits per heavy atom. The van der Waals surface area contributed by atoms with Crippen molar-refractivity contribution in [2.24, 2.45) is 0 Å². The molecule has 0 spiro atoms. The van der Waals surface area contributed by atoms with Crippen LogP contribution >= 0.6 is 11.6 Å². The van der Waals surface area contributed by atoms with E-state index in [0.29, 0.717) is 5.02 Å². The second kappa shape index (κ2) is 7.16. The first kappa shape index (κ1) is 19.1. The van der Waals surface area contributed by atoms with E-state index in [2.05, 4.69) is 15.1 Å². The standard InChI is InChI=1S/C17H14ClF3N4O2/c1-16(26,8-25-10-22-9-23-25)13-6-7-14(24-15(13)17(19,20)21)27-12-4-2-11(18)3-5-12/h2-7,9-10,26H,8H2,1H3. The highest BCUT2D eigenvalue weighted by Gasteiger charge is 2.41. The summed E-state index contributed by atoms with van der Waals surface area (Å²) < 4.78 is 47.2. The van der Waals surface area contributed by atoms with Crippen LogP contribution < -0.4 is 4.74 Å². The van der Waals surface area contributed by atoms with Gasteiger partial charge in [0.1, 0.15) is 24.0 Å². The van der Waals surface area contributed by atoms with Crippen LogP contribution in [0.5, 0.6) is 11.6 Å². The number of rotatable bonds is 5. The normalized spacial score (nSPS) is 14.0. The minimum Gasteiger partial charge on any atom is -0.439 e. The summed E-state index contributed by atoms with van der Waals surface area (Å²) in [5.41, 5.74) is -3.52. The molecule has 1 unspecified atom stereocenters. The van der Waals surface area contributed by atoms with Gasteiger partial charge in [0, 0.05) is 16.7 Å². The van der Waals surface area contributed by atoms with E-state index >= 15 is 0 Å². The number of nitrogens with zero attached hydrogens (tertiary/aromatic N) is 4. The Labute approximate surface area is 157 Å². The highest BCUT2D eigenvalue weighted by molar-refractivity contribution is 6.30. The van der Waals surface area contributed by atoms with Crippen molar-refractivity contribution in [1.29, 1.82) is 0 Å². The van der Waals surface area contributed by atoms with E-state index in [0.717, 1.165) is 6.07 Å². The summed E-state index contributed by atoms with van der Waals surface area (Å²) in [5, 5.41) is 14.9. The molecule has 0 aliphatic carbocycles. The Bertz CT molecular complexity index is 913. The van der Waals surface area contributed by atoms with Gasteiger partial charge < -0.3 is 9.84 Å². The number of aromatic nitrogens is 4. The van der Waals surface area contributed by atoms with Crippen molar-refractivity contribution in [3.63, 3.8) is 0 Å². The minimum absolute atomic E-state index is 0.227. The van der Waals surface area contributed by atoms with E-state index in [1.165, 1.54) is 42.5 Å². The molecule has 2 aromatic heterocycles. The zero-order valence-electron chi connectivity index (χ0n) is 14.0. The largest absolute Gasteiger partial charge is 0.439 e. The molecule has 1 aromatic carbocycles. The molecule has 1 atom stereocenters. The second-order valence-electron chi connectivity index (χ2n) is 5.97. The Hall–Kier alpha value is -2.65. The number of pyridine rings is 1. The van der Waals surface area contributed by atoms with Crippen LogP contribution in [0.2, 0.25) is 5.02 Å². The topological polar surface area (TPSA) is 73.1 Å². The first-order valence-electron chi connectivity index (χ1n) is 7.72. The van der Waals surface area contributed by atoms with Crippen molar-refractivity contribution in [3.05, 3.63) is 65.3 Å². The first-order valence-corrected chi connectivity index (χ1v) is 8.10. The van der Waals surface area contributed by atoms with Crippen molar-refractivity contribution < 1.29 is 23.0 Å². The monoisotopic (exact) mass is 398 g/mol. The average molecular weight is 399 g/mol. The van der Waals surface area contributed by atoms with E-state index in [4.69, 9.17) is 16.3 Å². The van der Waals surface area contributed by atoms with Crippen molar-refractivity contribution in [1.82, 2.24) is 19.7 Å². The fourth-order valence-corrected chi connectivity index (χ4v) is 2.61. The first-order chi connectivity index (χ1) is 12.6. The molecule has 27 heavy (non-hydrogen) atoms. The number of aliphatic hydroxyl groups is 1. The molecule has 0 aliphatic rings. The van der Waals surface area contributed by atoms with Crippen LogP contribution in [0.1, 0.15) is 18.2 Å². The van der Waals surface area contributed by atoms with Gasteiger partial charge in [-0.3, -0.25) is 0 Å². The zero-order chi connectivity index (χ0) is 19.7. The summed E-state index contributed by atoms with van der Waals surface area (Å²) in [6, 6.07) is 8.49.